The van der Waals surface area contributed by atoms with Gasteiger partial charge in [-0.1, -0.05) is 6.07 Å². The fourth-order valence-corrected chi connectivity index (χ4v) is 2.76. The number of hydrogen-bond donors (Lipinski definition) is 1. The van der Waals surface area contributed by atoms with Crippen molar-refractivity contribution in [1.82, 2.24) is 4.57 Å². The van der Waals surface area contributed by atoms with Crippen molar-refractivity contribution < 1.29 is 14.3 Å². The van der Waals surface area contributed by atoms with Crippen LogP contribution in [0.5, 0.6) is 5.75 Å². The first kappa shape index (κ1) is 16.6. The third-order valence-corrected chi connectivity index (χ3v) is 4.05. The summed E-state index contributed by atoms with van der Waals surface area (Å²) in [6.45, 7) is 0.463. The number of nitrogens with zero attached hydrogens (tertiary/aromatic N) is 1. The van der Waals surface area contributed by atoms with Crippen molar-refractivity contribution in [2.24, 2.45) is 0 Å². The molecule has 0 aliphatic rings. The first-order valence-electron chi connectivity index (χ1n) is 7.67. The van der Waals surface area contributed by atoms with Gasteiger partial charge >= 0.3 is 5.97 Å². The number of carbonyl (C=O) groups excluding carboxylic acids is 1. The number of benzene rings is 2. The van der Waals surface area contributed by atoms with E-state index < -0.39 is 5.97 Å². The molecule has 0 atom stereocenters. The third-order valence-electron chi connectivity index (χ3n) is 4.05. The summed E-state index contributed by atoms with van der Waals surface area (Å²) in [5, 5.41) is 0.599. The zero-order valence-electron chi connectivity index (χ0n) is 14.0. The molecule has 6 nitrogen and oxygen atoms in total. The SMILES string of the molecule is COC(=O)c1ccc(Cn2ccc(=O)c3ccc(N)cc32)c(OC)c1. The molecule has 2 N–H and O–H groups in total. The van der Waals surface area contributed by atoms with Gasteiger partial charge in [-0.05, 0) is 30.3 Å². The van der Waals surface area contributed by atoms with Gasteiger partial charge in [0.05, 0.1) is 31.8 Å². The van der Waals surface area contributed by atoms with Crippen molar-refractivity contribution in [2.45, 2.75) is 6.54 Å². The molecule has 0 saturated carbocycles. The molecule has 25 heavy (non-hydrogen) atoms. The van der Waals surface area contributed by atoms with Gasteiger partial charge in [-0.15, -0.1) is 0 Å². The molecular weight excluding hydrogens is 320 g/mol. The highest BCUT2D eigenvalue weighted by molar-refractivity contribution is 5.90. The van der Waals surface area contributed by atoms with E-state index in [1.54, 1.807) is 49.7 Å². The van der Waals surface area contributed by atoms with E-state index in [9.17, 15) is 9.59 Å². The summed E-state index contributed by atoms with van der Waals surface area (Å²) in [7, 11) is 2.88. The van der Waals surface area contributed by atoms with Gasteiger partial charge in [0.1, 0.15) is 5.75 Å². The molecule has 1 heterocycles. The number of ether oxygens (including phenoxy) is 2. The van der Waals surface area contributed by atoms with E-state index in [2.05, 4.69) is 0 Å². The van der Waals surface area contributed by atoms with E-state index in [1.165, 1.54) is 13.2 Å². The number of methoxy groups -OCH3 is 2. The first-order valence-corrected chi connectivity index (χ1v) is 7.67. The van der Waals surface area contributed by atoms with E-state index in [-0.39, 0.29) is 5.43 Å². The number of hydrogen-bond acceptors (Lipinski definition) is 5. The van der Waals surface area contributed by atoms with Crippen molar-refractivity contribution in [3.63, 3.8) is 0 Å². The molecule has 0 radical (unpaired) electrons. The number of nitrogens with two attached hydrogens (primary N) is 1. The second kappa shape index (κ2) is 6.68. The maximum absolute atomic E-state index is 12.0. The number of nitrogen functional groups attached to an aromatic ring is 1. The van der Waals surface area contributed by atoms with Crippen molar-refractivity contribution in [1.29, 1.82) is 0 Å². The van der Waals surface area contributed by atoms with Crippen molar-refractivity contribution in [2.75, 3.05) is 20.0 Å². The highest BCUT2D eigenvalue weighted by atomic mass is 16.5. The van der Waals surface area contributed by atoms with E-state index in [0.717, 1.165) is 11.1 Å². The molecule has 2 aromatic carbocycles. The summed E-state index contributed by atoms with van der Waals surface area (Å²) in [5.41, 5.74) is 8.42. The van der Waals surface area contributed by atoms with Crippen LogP contribution in [0, 0.1) is 0 Å². The summed E-state index contributed by atoms with van der Waals surface area (Å²) in [5.74, 6) is 0.144. The summed E-state index contributed by atoms with van der Waals surface area (Å²) >= 11 is 0. The Bertz CT molecular complexity index is 1010. The van der Waals surface area contributed by atoms with Crippen LogP contribution in [0.3, 0.4) is 0 Å². The largest absolute Gasteiger partial charge is 0.496 e. The Morgan fingerprint density at radius 3 is 2.64 bits per heavy atom. The number of fused-ring (bicyclic) bond motifs is 1. The maximum Gasteiger partial charge on any atom is 0.337 e. The van der Waals surface area contributed by atoms with Crippen LogP contribution in [-0.4, -0.2) is 24.8 Å². The molecule has 0 aliphatic heterocycles. The van der Waals surface area contributed by atoms with Crippen molar-refractivity contribution >= 4 is 22.6 Å². The quantitative estimate of drug-likeness (QED) is 0.583. The van der Waals surface area contributed by atoms with Crippen LogP contribution < -0.4 is 15.9 Å². The molecule has 0 saturated heterocycles. The average molecular weight is 338 g/mol. The molecule has 1 aromatic heterocycles. The molecule has 128 valence electrons. The number of aromatic nitrogens is 1. The van der Waals surface area contributed by atoms with Gasteiger partial charge in [0.25, 0.3) is 0 Å². The van der Waals surface area contributed by atoms with Gasteiger partial charge < -0.3 is 19.8 Å². The van der Waals surface area contributed by atoms with Gasteiger partial charge in [0, 0.05) is 28.9 Å². The van der Waals surface area contributed by atoms with Crippen LogP contribution in [0.1, 0.15) is 15.9 Å². The lowest BCUT2D eigenvalue weighted by Gasteiger charge is -2.14. The topological polar surface area (TPSA) is 83.5 Å². The standard InChI is InChI=1S/C19H18N2O4/c1-24-18-9-12(19(23)25-2)3-4-13(18)11-21-8-7-17(22)15-6-5-14(20)10-16(15)21/h3-10H,11,20H2,1-2H3. The molecule has 0 aliphatic carbocycles. The number of carbonyl (C=O) groups is 1. The highest BCUT2D eigenvalue weighted by Gasteiger charge is 2.12. The summed E-state index contributed by atoms with van der Waals surface area (Å²) < 4.78 is 12.1. The summed E-state index contributed by atoms with van der Waals surface area (Å²) in [6.07, 6.45) is 1.72. The Morgan fingerprint density at radius 1 is 1.12 bits per heavy atom. The number of pyridine rings is 1. The average Bonchev–Trinajstić information content (AvgIpc) is 2.63. The molecule has 0 fully saturated rings. The molecular formula is C19H18N2O4. The van der Waals surface area contributed by atoms with Crippen LogP contribution in [-0.2, 0) is 11.3 Å². The minimum Gasteiger partial charge on any atom is -0.496 e. The van der Waals surface area contributed by atoms with E-state index >= 15 is 0 Å². The smallest absolute Gasteiger partial charge is 0.337 e. The van der Waals surface area contributed by atoms with Gasteiger partial charge in [-0.2, -0.15) is 0 Å². The fourth-order valence-electron chi connectivity index (χ4n) is 2.76. The Labute approximate surface area is 144 Å². The van der Waals surface area contributed by atoms with Gasteiger partial charge in [0.2, 0.25) is 0 Å². The van der Waals surface area contributed by atoms with E-state index in [1.807, 2.05) is 4.57 Å². The molecule has 3 rings (SSSR count). The van der Waals surface area contributed by atoms with E-state index in [0.29, 0.717) is 28.9 Å². The predicted molar refractivity (Wildman–Crippen MR) is 96.1 cm³/mol. The van der Waals surface area contributed by atoms with Crippen LogP contribution in [0.15, 0.2) is 53.5 Å². The normalized spacial score (nSPS) is 10.6. The predicted octanol–water partition coefficient (Wildman–Crippen LogP) is 2.43. The molecule has 3 aromatic rings. The minimum absolute atomic E-state index is 0.0562. The Morgan fingerprint density at radius 2 is 1.92 bits per heavy atom. The van der Waals surface area contributed by atoms with Gasteiger partial charge in [-0.3, -0.25) is 4.79 Å². The Hall–Kier alpha value is -3.28. The lowest BCUT2D eigenvalue weighted by Crippen LogP contribution is -2.10. The molecule has 0 bridgehead atoms. The Balaban J connectivity index is 2.07. The van der Waals surface area contributed by atoms with Crippen LogP contribution in [0.2, 0.25) is 0 Å². The zero-order valence-corrected chi connectivity index (χ0v) is 14.0. The second-order valence-electron chi connectivity index (χ2n) is 5.60. The van der Waals surface area contributed by atoms with Gasteiger partial charge in [-0.25, -0.2) is 4.79 Å². The van der Waals surface area contributed by atoms with Crippen molar-refractivity contribution in [3.05, 3.63) is 70.0 Å². The fraction of sp³-hybridized carbons (Fsp3) is 0.158. The summed E-state index contributed by atoms with van der Waals surface area (Å²) in [6, 6.07) is 11.9. The molecule has 0 unspecified atom stereocenters. The molecule has 0 amide bonds. The van der Waals surface area contributed by atoms with E-state index in [4.69, 9.17) is 15.2 Å². The monoisotopic (exact) mass is 338 g/mol. The maximum atomic E-state index is 12.0. The van der Waals surface area contributed by atoms with Crippen LogP contribution in [0.4, 0.5) is 5.69 Å². The number of esters is 1. The molecule has 6 heteroatoms. The highest BCUT2D eigenvalue weighted by Crippen LogP contribution is 2.23. The lowest BCUT2D eigenvalue weighted by atomic mass is 10.1. The van der Waals surface area contributed by atoms with Crippen LogP contribution in [0.25, 0.3) is 10.9 Å². The minimum atomic E-state index is -0.425. The van der Waals surface area contributed by atoms with Gasteiger partial charge in [0.15, 0.2) is 5.43 Å². The number of anilines is 1. The lowest BCUT2D eigenvalue weighted by molar-refractivity contribution is 0.0600. The summed E-state index contributed by atoms with van der Waals surface area (Å²) in [4.78, 5) is 23.7. The van der Waals surface area contributed by atoms with Crippen molar-refractivity contribution in [3.8, 4) is 5.75 Å². The van der Waals surface area contributed by atoms with Crippen LogP contribution >= 0.6 is 0 Å². The first-order chi connectivity index (χ1) is 12.0. The zero-order chi connectivity index (χ0) is 18.0. The second-order valence-corrected chi connectivity index (χ2v) is 5.60. The third kappa shape index (κ3) is 3.19. The Kier molecular flexibility index (Phi) is 4.43. The number of rotatable bonds is 4. The molecule has 0 spiro atoms.